The quantitative estimate of drug-likeness (QED) is 0.0685. The van der Waals surface area contributed by atoms with Gasteiger partial charge in [0.15, 0.2) is 0 Å². The fourth-order valence-electron chi connectivity index (χ4n) is 5.48. The van der Waals surface area contributed by atoms with E-state index in [9.17, 15) is 4.79 Å². The van der Waals surface area contributed by atoms with Gasteiger partial charge in [-0.2, -0.15) is 0 Å². The van der Waals surface area contributed by atoms with Crippen molar-refractivity contribution in [2.45, 2.75) is 194 Å². The monoisotopic (exact) mass is 538 g/mol. The van der Waals surface area contributed by atoms with Crippen molar-refractivity contribution in [2.75, 3.05) is 19.7 Å². The second-order valence-corrected chi connectivity index (χ2v) is 12.0. The van der Waals surface area contributed by atoms with Crippen LogP contribution in [0.1, 0.15) is 194 Å². The average Bonchev–Trinajstić information content (AvgIpc) is 2.92. The highest BCUT2D eigenvalue weighted by Gasteiger charge is 2.11. The molecule has 0 aliphatic heterocycles. The number of hydrogen-bond acceptors (Lipinski definition) is 3. The van der Waals surface area contributed by atoms with Crippen LogP contribution in [0, 0.1) is 5.92 Å². The number of rotatable bonds is 32. The van der Waals surface area contributed by atoms with Crippen molar-refractivity contribution in [3.8, 4) is 0 Å². The summed E-state index contributed by atoms with van der Waals surface area (Å²) in [6, 6.07) is 0. The molecule has 1 atom stereocenters. The summed E-state index contributed by atoms with van der Waals surface area (Å²) in [7, 11) is 0. The maximum atomic E-state index is 12.2. The SMILES string of the molecule is CCCCCCCCCCNCCCCCCCC(=O)OCCC(CCCCCC)CCCCCCCC. The van der Waals surface area contributed by atoms with Crippen molar-refractivity contribution in [1.82, 2.24) is 5.32 Å². The molecule has 0 rings (SSSR count). The van der Waals surface area contributed by atoms with E-state index < -0.39 is 0 Å². The molecule has 0 aromatic rings. The van der Waals surface area contributed by atoms with Gasteiger partial charge in [-0.15, -0.1) is 0 Å². The first-order chi connectivity index (χ1) is 18.7. The molecule has 1 N–H and O–H groups in total. The molecule has 228 valence electrons. The van der Waals surface area contributed by atoms with Crippen LogP contribution in [-0.4, -0.2) is 25.7 Å². The molecule has 0 heterocycles. The molecule has 0 fully saturated rings. The van der Waals surface area contributed by atoms with Crippen molar-refractivity contribution < 1.29 is 9.53 Å². The lowest BCUT2D eigenvalue weighted by molar-refractivity contribution is -0.144. The molecule has 0 saturated carbocycles. The minimum Gasteiger partial charge on any atom is -0.466 e. The van der Waals surface area contributed by atoms with Crippen molar-refractivity contribution >= 4 is 5.97 Å². The largest absolute Gasteiger partial charge is 0.466 e. The Bertz CT molecular complexity index is 453. The molecule has 0 amide bonds. The van der Waals surface area contributed by atoms with Crippen molar-refractivity contribution in [3.63, 3.8) is 0 Å². The Labute approximate surface area is 240 Å². The zero-order chi connectivity index (χ0) is 27.8. The Kier molecular flexibility index (Phi) is 32.2. The first-order valence-electron chi connectivity index (χ1n) is 17.6. The van der Waals surface area contributed by atoms with E-state index in [1.165, 1.54) is 154 Å². The molecule has 1 unspecified atom stereocenters. The normalized spacial score (nSPS) is 12.2. The van der Waals surface area contributed by atoms with Gasteiger partial charge < -0.3 is 10.1 Å². The highest BCUT2D eigenvalue weighted by Crippen LogP contribution is 2.22. The van der Waals surface area contributed by atoms with Gasteiger partial charge in [-0.3, -0.25) is 4.79 Å². The second-order valence-electron chi connectivity index (χ2n) is 12.0. The van der Waals surface area contributed by atoms with Gasteiger partial charge in [0.2, 0.25) is 0 Å². The summed E-state index contributed by atoms with van der Waals surface area (Å²) in [5.74, 6) is 0.774. The predicted molar refractivity (Wildman–Crippen MR) is 169 cm³/mol. The van der Waals surface area contributed by atoms with Crippen LogP contribution in [0.4, 0.5) is 0 Å². The van der Waals surface area contributed by atoms with Crippen LogP contribution in [0.2, 0.25) is 0 Å². The molecular weight excluding hydrogens is 466 g/mol. The lowest BCUT2D eigenvalue weighted by Gasteiger charge is -2.17. The Balaban J connectivity index is 3.61. The highest BCUT2D eigenvalue weighted by atomic mass is 16.5. The molecule has 0 aromatic heterocycles. The summed E-state index contributed by atoms with van der Waals surface area (Å²) >= 11 is 0. The number of unbranched alkanes of at least 4 members (excludes halogenated alkanes) is 19. The maximum absolute atomic E-state index is 12.2. The molecular formula is C35H71NO2. The zero-order valence-electron chi connectivity index (χ0n) is 26.6. The van der Waals surface area contributed by atoms with Crippen LogP contribution >= 0.6 is 0 Å². The average molecular weight is 538 g/mol. The Morgan fingerprint density at radius 2 is 0.895 bits per heavy atom. The molecule has 0 bridgehead atoms. The summed E-state index contributed by atoms with van der Waals surface area (Å²) in [6.07, 6.45) is 35.0. The van der Waals surface area contributed by atoms with Crippen LogP contribution in [0.25, 0.3) is 0 Å². The fourth-order valence-corrected chi connectivity index (χ4v) is 5.48. The standard InChI is InChI=1S/C35H71NO2/c1-4-7-10-13-15-16-20-25-31-36-32-26-21-17-19-24-29-35(37)38-33-30-34(27-22-12-9-6-3)28-23-18-14-11-8-5-2/h34,36H,4-33H2,1-3H3. The Hall–Kier alpha value is -0.570. The van der Waals surface area contributed by atoms with E-state index in [-0.39, 0.29) is 5.97 Å². The molecule has 0 aromatic carbocycles. The van der Waals surface area contributed by atoms with Gasteiger partial charge in [-0.05, 0) is 44.7 Å². The van der Waals surface area contributed by atoms with Gasteiger partial charge in [0, 0.05) is 6.42 Å². The second kappa shape index (κ2) is 32.6. The third-order valence-corrected chi connectivity index (χ3v) is 8.16. The summed E-state index contributed by atoms with van der Waals surface area (Å²) in [5, 5.41) is 3.61. The van der Waals surface area contributed by atoms with E-state index in [2.05, 4.69) is 26.1 Å². The van der Waals surface area contributed by atoms with Gasteiger partial charge >= 0.3 is 5.97 Å². The van der Waals surface area contributed by atoms with E-state index in [1.54, 1.807) is 0 Å². The van der Waals surface area contributed by atoms with E-state index in [4.69, 9.17) is 4.74 Å². The van der Waals surface area contributed by atoms with Crippen LogP contribution in [-0.2, 0) is 9.53 Å². The number of carbonyl (C=O) groups is 1. The summed E-state index contributed by atoms with van der Waals surface area (Å²) in [5.41, 5.74) is 0. The topological polar surface area (TPSA) is 38.3 Å². The van der Waals surface area contributed by atoms with E-state index in [1.807, 2.05) is 0 Å². The van der Waals surface area contributed by atoms with Gasteiger partial charge in [-0.1, -0.05) is 162 Å². The number of ether oxygens (including phenoxy) is 1. The number of hydrogen-bond donors (Lipinski definition) is 1. The summed E-state index contributed by atoms with van der Waals surface area (Å²) < 4.78 is 5.63. The number of esters is 1. The van der Waals surface area contributed by atoms with E-state index in [0.29, 0.717) is 13.0 Å². The zero-order valence-corrected chi connectivity index (χ0v) is 26.6. The smallest absolute Gasteiger partial charge is 0.305 e. The van der Waals surface area contributed by atoms with E-state index in [0.717, 1.165) is 31.7 Å². The molecule has 0 saturated heterocycles. The van der Waals surface area contributed by atoms with Crippen molar-refractivity contribution in [2.24, 2.45) is 5.92 Å². The Morgan fingerprint density at radius 1 is 0.500 bits per heavy atom. The third-order valence-electron chi connectivity index (χ3n) is 8.16. The van der Waals surface area contributed by atoms with Crippen LogP contribution in [0.15, 0.2) is 0 Å². The molecule has 38 heavy (non-hydrogen) atoms. The number of nitrogens with one attached hydrogen (secondary N) is 1. The summed E-state index contributed by atoms with van der Waals surface area (Å²) in [4.78, 5) is 12.2. The highest BCUT2D eigenvalue weighted by molar-refractivity contribution is 5.69. The minimum atomic E-state index is 0.0290. The lowest BCUT2D eigenvalue weighted by Crippen LogP contribution is -2.16. The predicted octanol–water partition coefficient (Wildman–Crippen LogP) is 11.3. The van der Waals surface area contributed by atoms with Crippen LogP contribution in [0.5, 0.6) is 0 Å². The van der Waals surface area contributed by atoms with Crippen molar-refractivity contribution in [3.05, 3.63) is 0 Å². The maximum Gasteiger partial charge on any atom is 0.305 e. The molecule has 3 heteroatoms. The lowest BCUT2D eigenvalue weighted by atomic mass is 9.92. The minimum absolute atomic E-state index is 0.0290. The van der Waals surface area contributed by atoms with Crippen LogP contribution in [0.3, 0.4) is 0 Å². The van der Waals surface area contributed by atoms with Gasteiger partial charge in [0.05, 0.1) is 6.61 Å². The first kappa shape index (κ1) is 37.4. The molecule has 3 nitrogen and oxygen atoms in total. The van der Waals surface area contributed by atoms with Gasteiger partial charge in [0.1, 0.15) is 0 Å². The first-order valence-corrected chi connectivity index (χ1v) is 17.6. The Morgan fingerprint density at radius 3 is 1.39 bits per heavy atom. The summed E-state index contributed by atoms with van der Waals surface area (Å²) in [6.45, 7) is 9.82. The van der Waals surface area contributed by atoms with Crippen LogP contribution < -0.4 is 5.32 Å². The molecule has 0 aliphatic carbocycles. The fraction of sp³-hybridized carbons (Fsp3) is 0.971. The third kappa shape index (κ3) is 30.0. The van der Waals surface area contributed by atoms with Gasteiger partial charge in [0.25, 0.3) is 0 Å². The molecule has 0 spiro atoms. The van der Waals surface area contributed by atoms with Crippen molar-refractivity contribution in [1.29, 1.82) is 0 Å². The van der Waals surface area contributed by atoms with E-state index >= 15 is 0 Å². The number of carbonyl (C=O) groups excluding carboxylic acids is 1. The van der Waals surface area contributed by atoms with Gasteiger partial charge in [-0.25, -0.2) is 0 Å². The molecule has 0 radical (unpaired) electrons. The molecule has 0 aliphatic rings.